The van der Waals surface area contributed by atoms with Crippen LogP contribution in [-0.2, 0) is 0 Å². The third-order valence-corrected chi connectivity index (χ3v) is 2.45. The van der Waals surface area contributed by atoms with Crippen LogP contribution in [0.3, 0.4) is 0 Å². The van der Waals surface area contributed by atoms with Crippen LogP contribution in [0, 0.1) is 12.7 Å². The van der Waals surface area contributed by atoms with E-state index in [2.05, 4.69) is 5.32 Å². The molecule has 0 spiro atoms. The van der Waals surface area contributed by atoms with Gasteiger partial charge in [0.15, 0.2) is 0 Å². The maximum atomic E-state index is 13.3. The lowest BCUT2D eigenvalue weighted by atomic mass is 10.2. The Bertz CT molecular complexity index is 406. The second-order valence-corrected chi connectivity index (χ2v) is 3.83. The molecule has 18 heavy (non-hydrogen) atoms. The molecule has 1 aromatic carbocycles. The fourth-order valence-corrected chi connectivity index (χ4v) is 1.43. The van der Waals surface area contributed by atoms with Crippen LogP contribution < -0.4 is 5.32 Å². The number of aliphatic hydroxyl groups excluding tert-OH is 2. The number of aryl methyl sites for hydroxylation is 1. The lowest BCUT2D eigenvalue weighted by Crippen LogP contribution is -2.38. The SMILES string of the molecule is Cc1ccc(NC(=O)N(CCO)CCO)cc1F. The standard InChI is InChI=1S/C12H17FN2O3/c1-9-2-3-10(8-11(9)13)14-12(18)15(4-6-16)5-7-17/h2-3,8,16-17H,4-7H2,1H3,(H,14,18). The second kappa shape index (κ2) is 6.93. The van der Waals surface area contributed by atoms with Crippen LogP contribution in [-0.4, -0.2) is 47.4 Å². The van der Waals surface area contributed by atoms with Gasteiger partial charge in [0.2, 0.25) is 0 Å². The van der Waals surface area contributed by atoms with E-state index in [1.807, 2.05) is 0 Å². The summed E-state index contributed by atoms with van der Waals surface area (Å²) in [5, 5.41) is 20.1. The maximum absolute atomic E-state index is 13.3. The summed E-state index contributed by atoms with van der Waals surface area (Å²) in [5.41, 5.74) is 0.833. The number of nitrogens with one attached hydrogen (secondary N) is 1. The minimum Gasteiger partial charge on any atom is -0.395 e. The van der Waals surface area contributed by atoms with Crippen LogP contribution in [0.2, 0.25) is 0 Å². The lowest BCUT2D eigenvalue weighted by molar-refractivity contribution is 0.167. The Balaban J connectivity index is 2.69. The van der Waals surface area contributed by atoms with Gasteiger partial charge in [0.05, 0.1) is 13.2 Å². The van der Waals surface area contributed by atoms with Crippen molar-refractivity contribution in [3.05, 3.63) is 29.6 Å². The van der Waals surface area contributed by atoms with Crippen molar-refractivity contribution in [2.45, 2.75) is 6.92 Å². The van der Waals surface area contributed by atoms with Gasteiger partial charge >= 0.3 is 6.03 Å². The van der Waals surface area contributed by atoms with Crippen LogP contribution in [0.5, 0.6) is 0 Å². The first kappa shape index (κ1) is 14.4. The highest BCUT2D eigenvalue weighted by molar-refractivity contribution is 5.89. The van der Waals surface area contributed by atoms with Crippen LogP contribution in [0.15, 0.2) is 18.2 Å². The summed E-state index contributed by atoms with van der Waals surface area (Å²) in [7, 11) is 0. The van der Waals surface area contributed by atoms with Crippen molar-refractivity contribution in [3.8, 4) is 0 Å². The average molecular weight is 256 g/mol. The van der Waals surface area contributed by atoms with E-state index in [-0.39, 0.29) is 26.3 Å². The van der Waals surface area contributed by atoms with E-state index in [0.717, 1.165) is 0 Å². The molecule has 0 fully saturated rings. The Morgan fingerprint density at radius 2 is 1.94 bits per heavy atom. The molecule has 0 aliphatic heterocycles. The van der Waals surface area contributed by atoms with Crippen molar-refractivity contribution >= 4 is 11.7 Å². The van der Waals surface area contributed by atoms with Crippen LogP contribution in [0.4, 0.5) is 14.9 Å². The zero-order chi connectivity index (χ0) is 13.5. The zero-order valence-electron chi connectivity index (χ0n) is 10.2. The quantitative estimate of drug-likeness (QED) is 0.734. The van der Waals surface area contributed by atoms with Gasteiger partial charge in [0, 0.05) is 18.8 Å². The molecule has 0 aromatic heterocycles. The first-order valence-electron chi connectivity index (χ1n) is 5.62. The van der Waals surface area contributed by atoms with Crippen LogP contribution in [0.1, 0.15) is 5.56 Å². The Hall–Kier alpha value is -1.66. The van der Waals surface area contributed by atoms with E-state index < -0.39 is 11.8 Å². The van der Waals surface area contributed by atoms with Crippen molar-refractivity contribution in [3.63, 3.8) is 0 Å². The molecule has 0 atom stereocenters. The summed E-state index contributed by atoms with van der Waals surface area (Å²) in [6.07, 6.45) is 0. The average Bonchev–Trinajstić information content (AvgIpc) is 2.33. The molecule has 0 radical (unpaired) electrons. The summed E-state index contributed by atoms with van der Waals surface area (Å²) >= 11 is 0. The lowest BCUT2D eigenvalue weighted by Gasteiger charge is -2.21. The molecule has 0 heterocycles. The predicted molar refractivity (Wildman–Crippen MR) is 65.9 cm³/mol. The van der Waals surface area contributed by atoms with E-state index in [0.29, 0.717) is 11.3 Å². The molecule has 0 aliphatic carbocycles. The molecule has 1 rings (SSSR count). The van der Waals surface area contributed by atoms with Crippen LogP contribution >= 0.6 is 0 Å². The molecule has 0 saturated heterocycles. The Morgan fingerprint density at radius 1 is 1.33 bits per heavy atom. The largest absolute Gasteiger partial charge is 0.395 e. The number of amides is 2. The van der Waals surface area contributed by atoms with Gasteiger partial charge in [-0.3, -0.25) is 0 Å². The van der Waals surface area contributed by atoms with E-state index in [9.17, 15) is 9.18 Å². The molecule has 100 valence electrons. The maximum Gasteiger partial charge on any atom is 0.322 e. The summed E-state index contributed by atoms with van der Waals surface area (Å²) in [6.45, 7) is 1.46. The number of benzene rings is 1. The van der Waals surface area contributed by atoms with Gasteiger partial charge in [0.1, 0.15) is 5.82 Å². The highest BCUT2D eigenvalue weighted by atomic mass is 19.1. The minimum absolute atomic E-state index is 0.112. The normalized spacial score (nSPS) is 10.2. The second-order valence-electron chi connectivity index (χ2n) is 3.83. The summed E-state index contributed by atoms with van der Waals surface area (Å²) < 4.78 is 13.3. The Kier molecular flexibility index (Phi) is 5.54. The van der Waals surface area contributed by atoms with Gasteiger partial charge in [-0.05, 0) is 24.6 Å². The highest BCUT2D eigenvalue weighted by Crippen LogP contribution is 2.14. The predicted octanol–water partition coefficient (Wildman–Crippen LogP) is 0.953. The number of urea groups is 1. The van der Waals surface area contributed by atoms with E-state index in [1.54, 1.807) is 19.1 Å². The first-order valence-corrected chi connectivity index (χ1v) is 5.62. The molecule has 5 nitrogen and oxygen atoms in total. The van der Waals surface area contributed by atoms with Gasteiger partial charge in [0.25, 0.3) is 0 Å². The summed E-state index contributed by atoms with van der Waals surface area (Å²) in [4.78, 5) is 13.0. The van der Waals surface area contributed by atoms with Crippen LogP contribution in [0.25, 0.3) is 0 Å². The van der Waals surface area contributed by atoms with E-state index >= 15 is 0 Å². The molecule has 0 saturated carbocycles. The number of nitrogens with zero attached hydrogens (tertiary/aromatic N) is 1. The number of rotatable bonds is 5. The van der Waals surface area contributed by atoms with Gasteiger partial charge in [-0.15, -0.1) is 0 Å². The molecule has 6 heteroatoms. The van der Waals surface area contributed by atoms with E-state index in [4.69, 9.17) is 10.2 Å². The molecule has 0 bridgehead atoms. The van der Waals surface area contributed by atoms with Crippen molar-refractivity contribution in [1.82, 2.24) is 4.90 Å². The molecular formula is C12H17FN2O3. The number of hydrogen-bond acceptors (Lipinski definition) is 3. The number of halogens is 1. The zero-order valence-corrected chi connectivity index (χ0v) is 10.2. The smallest absolute Gasteiger partial charge is 0.322 e. The Labute approximate surface area is 105 Å². The third-order valence-electron chi connectivity index (χ3n) is 2.45. The summed E-state index contributed by atoms with van der Waals surface area (Å²) in [5.74, 6) is -0.399. The fraction of sp³-hybridized carbons (Fsp3) is 0.417. The molecule has 1 aromatic rings. The van der Waals surface area contributed by atoms with Crippen molar-refractivity contribution in [2.75, 3.05) is 31.6 Å². The number of carbonyl (C=O) groups is 1. The molecule has 3 N–H and O–H groups in total. The number of aliphatic hydroxyl groups is 2. The van der Waals surface area contributed by atoms with Gasteiger partial charge in [-0.25, -0.2) is 9.18 Å². The molecular weight excluding hydrogens is 239 g/mol. The molecule has 0 unspecified atom stereocenters. The summed E-state index contributed by atoms with van der Waals surface area (Å²) in [6, 6.07) is 3.89. The van der Waals surface area contributed by atoms with Crippen molar-refractivity contribution in [1.29, 1.82) is 0 Å². The van der Waals surface area contributed by atoms with Gasteiger partial charge < -0.3 is 20.4 Å². The van der Waals surface area contributed by atoms with Gasteiger partial charge in [-0.2, -0.15) is 0 Å². The Morgan fingerprint density at radius 3 is 2.44 bits per heavy atom. The number of carbonyl (C=O) groups excluding carboxylic acids is 1. The minimum atomic E-state index is -0.485. The monoisotopic (exact) mass is 256 g/mol. The third kappa shape index (κ3) is 3.97. The number of hydrogen-bond donors (Lipinski definition) is 3. The highest BCUT2D eigenvalue weighted by Gasteiger charge is 2.12. The van der Waals surface area contributed by atoms with Gasteiger partial charge in [-0.1, -0.05) is 6.07 Å². The fourth-order valence-electron chi connectivity index (χ4n) is 1.43. The molecule has 2 amide bonds. The van der Waals surface area contributed by atoms with E-state index in [1.165, 1.54) is 11.0 Å². The topological polar surface area (TPSA) is 72.8 Å². The number of anilines is 1. The molecule has 0 aliphatic rings. The van der Waals surface area contributed by atoms with Crippen molar-refractivity contribution in [2.24, 2.45) is 0 Å². The first-order chi connectivity index (χ1) is 8.58. The van der Waals surface area contributed by atoms with Crippen molar-refractivity contribution < 1.29 is 19.4 Å².